The van der Waals surface area contributed by atoms with Crippen molar-refractivity contribution in [3.8, 4) is 0 Å². The summed E-state index contributed by atoms with van der Waals surface area (Å²) in [5.74, 6) is 0.761. The molecule has 68 valence electrons. The number of pyridine rings is 1. The Morgan fingerprint density at radius 1 is 1.46 bits per heavy atom. The Morgan fingerprint density at radius 3 is 3.08 bits per heavy atom. The minimum Gasteiger partial charge on any atom is -0.335 e. The van der Waals surface area contributed by atoms with E-state index in [9.17, 15) is 4.79 Å². The monoisotopic (exact) mass is 178 g/mol. The molecular weight excluding hydrogens is 168 g/mol. The highest BCUT2D eigenvalue weighted by atomic mass is 16.2. The second-order valence-corrected chi connectivity index (χ2v) is 2.71. The second kappa shape index (κ2) is 3.30. The molecule has 2 N–H and O–H groups in total. The molecule has 1 aliphatic heterocycles. The molecule has 0 bridgehead atoms. The van der Waals surface area contributed by atoms with Crippen molar-refractivity contribution in [2.24, 2.45) is 0 Å². The summed E-state index contributed by atoms with van der Waals surface area (Å²) in [6.45, 7) is 1.37. The predicted molar refractivity (Wildman–Crippen MR) is 48.1 cm³/mol. The molecule has 0 aliphatic carbocycles. The largest absolute Gasteiger partial charge is 0.335 e. The zero-order valence-corrected chi connectivity index (χ0v) is 7.03. The molecule has 0 unspecified atom stereocenters. The molecule has 0 aromatic carbocycles. The van der Waals surface area contributed by atoms with Gasteiger partial charge in [0.15, 0.2) is 0 Å². The fourth-order valence-corrected chi connectivity index (χ4v) is 1.18. The zero-order chi connectivity index (χ0) is 9.10. The fourth-order valence-electron chi connectivity index (χ4n) is 1.18. The molecular formula is C8H10N4O. The number of hydrogen-bond donors (Lipinski definition) is 2. The lowest BCUT2D eigenvalue weighted by atomic mass is 10.4. The van der Waals surface area contributed by atoms with Crippen LogP contribution in [0.25, 0.3) is 0 Å². The van der Waals surface area contributed by atoms with Gasteiger partial charge in [-0.25, -0.2) is 15.2 Å². The molecule has 2 rings (SSSR count). The molecule has 1 aromatic rings. The highest BCUT2D eigenvalue weighted by Gasteiger charge is 2.15. The van der Waals surface area contributed by atoms with Crippen LogP contribution in [0.4, 0.5) is 10.6 Å². The average molecular weight is 178 g/mol. The van der Waals surface area contributed by atoms with E-state index in [1.165, 1.54) is 0 Å². The lowest BCUT2D eigenvalue weighted by molar-refractivity contribution is 0.235. The maximum Gasteiger partial charge on any atom is 0.333 e. The van der Waals surface area contributed by atoms with E-state index in [4.69, 9.17) is 0 Å². The summed E-state index contributed by atoms with van der Waals surface area (Å²) in [6.07, 6.45) is 1.70. The van der Waals surface area contributed by atoms with Gasteiger partial charge in [0, 0.05) is 12.7 Å². The van der Waals surface area contributed by atoms with Crippen molar-refractivity contribution in [1.29, 1.82) is 0 Å². The van der Waals surface area contributed by atoms with Crippen LogP contribution < -0.4 is 15.8 Å². The molecule has 0 radical (unpaired) electrons. The second-order valence-electron chi connectivity index (χ2n) is 2.71. The number of urea groups is 1. The maximum atomic E-state index is 11.0. The first-order valence-electron chi connectivity index (χ1n) is 4.09. The first kappa shape index (κ1) is 7.85. The third-order valence-electron chi connectivity index (χ3n) is 1.78. The van der Waals surface area contributed by atoms with Crippen molar-refractivity contribution in [1.82, 2.24) is 15.7 Å². The Balaban J connectivity index is 2.13. The third-order valence-corrected chi connectivity index (χ3v) is 1.78. The minimum absolute atomic E-state index is 0.183. The number of anilines is 1. The lowest BCUT2D eigenvalue weighted by Crippen LogP contribution is -2.56. The third kappa shape index (κ3) is 1.69. The van der Waals surface area contributed by atoms with Crippen molar-refractivity contribution in [2.45, 2.75) is 0 Å². The minimum atomic E-state index is -0.183. The van der Waals surface area contributed by atoms with Crippen LogP contribution in [0.1, 0.15) is 0 Å². The number of nitrogens with zero attached hydrogens (tertiary/aromatic N) is 2. The predicted octanol–water partition coefficient (Wildman–Crippen LogP) is 0.116. The average Bonchev–Trinajstić information content (AvgIpc) is 2.19. The van der Waals surface area contributed by atoms with Crippen molar-refractivity contribution >= 4 is 11.8 Å². The molecule has 2 amide bonds. The van der Waals surface area contributed by atoms with E-state index >= 15 is 0 Å². The number of carbonyl (C=O) groups excluding carboxylic acids is 1. The summed E-state index contributed by atoms with van der Waals surface area (Å²) in [4.78, 5) is 15.1. The van der Waals surface area contributed by atoms with Gasteiger partial charge in [0.05, 0.1) is 6.54 Å². The van der Waals surface area contributed by atoms with Gasteiger partial charge < -0.3 is 5.32 Å². The number of hydrazine groups is 1. The molecule has 5 nitrogen and oxygen atoms in total. The van der Waals surface area contributed by atoms with E-state index in [0.717, 1.165) is 12.4 Å². The van der Waals surface area contributed by atoms with Crippen LogP contribution in [-0.2, 0) is 0 Å². The summed E-state index contributed by atoms with van der Waals surface area (Å²) in [5.41, 5.74) is 2.65. The van der Waals surface area contributed by atoms with Crippen LogP contribution in [0.2, 0.25) is 0 Å². The van der Waals surface area contributed by atoms with E-state index in [-0.39, 0.29) is 6.03 Å². The molecule has 1 saturated heterocycles. The Bertz CT molecular complexity index is 300. The summed E-state index contributed by atoms with van der Waals surface area (Å²) in [7, 11) is 0. The molecule has 0 saturated carbocycles. The van der Waals surface area contributed by atoms with E-state index < -0.39 is 0 Å². The van der Waals surface area contributed by atoms with Crippen molar-refractivity contribution in [2.75, 3.05) is 18.1 Å². The van der Waals surface area contributed by atoms with Gasteiger partial charge in [0.2, 0.25) is 0 Å². The first-order chi connectivity index (χ1) is 6.36. The molecule has 5 heteroatoms. The molecule has 2 heterocycles. The van der Waals surface area contributed by atoms with E-state index in [0.29, 0.717) is 6.54 Å². The molecule has 1 aromatic heterocycles. The number of amides is 2. The van der Waals surface area contributed by atoms with E-state index in [1.807, 2.05) is 18.2 Å². The van der Waals surface area contributed by atoms with Crippen LogP contribution in [0.15, 0.2) is 24.4 Å². The van der Waals surface area contributed by atoms with Gasteiger partial charge in [0.25, 0.3) is 0 Å². The van der Waals surface area contributed by atoms with Gasteiger partial charge in [-0.3, -0.25) is 5.01 Å². The number of nitrogens with one attached hydrogen (secondary N) is 2. The van der Waals surface area contributed by atoms with Crippen molar-refractivity contribution in [3.05, 3.63) is 24.4 Å². The Morgan fingerprint density at radius 2 is 2.38 bits per heavy atom. The van der Waals surface area contributed by atoms with Crippen molar-refractivity contribution < 1.29 is 4.79 Å². The van der Waals surface area contributed by atoms with Gasteiger partial charge in [-0.2, -0.15) is 0 Å². The summed E-state index contributed by atoms with van der Waals surface area (Å²) >= 11 is 0. The van der Waals surface area contributed by atoms with Gasteiger partial charge in [-0.05, 0) is 12.1 Å². The zero-order valence-electron chi connectivity index (χ0n) is 7.03. The number of carbonyl (C=O) groups is 1. The standard InChI is InChI=1S/C8H10N4O/c13-8-10-5-6-12(11-8)7-3-1-2-4-9-7/h1-4H,5-6H2,(H2,10,11,13). The summed E-state index contributed by atoms with van der Waals surface area (Å²) in [6, 6.07) is 5.40. The number of aromatic nitrogens is 1. The molecule has 0 atom stereocenters. The lowest BCUT2D eigenvalue weighted by Gasteiger charge is -2.28. The summed E-state index contributed by atoms with van der Waals surface area (Å²) in [5, 5.41) is 4.38. The Labute approximate surface area is 75.7 Å². The first-order valence-corrected chi connectivity index (χ1v) is 4.09. The number of hydrogen-bond acceptors (Lipinski definition) is 3. The summed E-state index contributed by atoms with van der Waals surface area (Å²) < 4.78 is 0. The van der Waals surface area contributed by atoms with Crippen LogP contribution >= 0.6 is 0 Å². The van der Waals surface area contributed by atoms with Crippen LogP contribution in [0.3, 0.4) is 0 Å². The van der Waals surface area contributed by atoms with Crippen LogP contribution in [-0.4, -0.2) is 24.1 Å². The van der Waals surface area contributed by atoms with Crippen molar-refractivity contribution in [3.63, 3.8) is 0 Å². The molecule has 1 fully saturated rings. The molecule has 1 aliphatic rings. The Kier molecular flexibility index (Phi) is 1.99. The Hall–Kier alpha value is -1.78. The van der Waals surface area contributed by atoms with Gasteiger partial charge >= 0.3 is 6.03 Å². The molecule has 0 spiro atoms. The smallest absolute Gasteiger partial charge is 0.333 e. The van der Waals surface area contributed by atoms with Crippen LogP contribution in [0, 0.1) is 0 Å². The van der Waals surface area contributed by atoms with Gasteiger partial charge in [-0.1, -0.05) is 6.07 Å². The quantitative estimate of drug-likeness (QED) is 0.642. The number of rotatable bonds is 1. The SMILES string of the molecule is O=C1NCCN(c2ccccn2)N1. The van der Waals surface area contributed by atoms with Gasteiger partial charge in [-0.15, -0.1) is 0 Å². The van der Waals surface area contributed by atoms with E-state index in [1.54, 1.807) is 11.2 Å². The molecule has 13 heavy (non-hydrogen) atoms. The van der Waals surface area contributed by atoms with Crippen LogP contribution in [0.5, 0.6) is 0 Å². The maximum absolute atomic E-state index is 11.0. The topological polar surface area (TPSA) is 57.3 Å². The normalized spacial score (nSPS) is 16.3. The fraction of sp³-hybridized carbons (Fsp3) is 0.250. The highest BCUT2D eigenvalue weighted by molar-refractivity contribution is 5.76. The highest BCUT2D eigenvalue weighted by Crippen LogP contribution is 2.06. The van der Waals surface area contributed by atoms with Gasteiger partial charge in [0.1, 0.15) is 5.82 Å². The van der Waals surface area contributed by atoms with E-state index in [2.05, 4.69) is 15.7 Å².